The Bertz CT molecular complexity index is 799. The molecule has 2 saturated heterocycles. The molecule has 0 unspecified atom stereocenters. The molecule has 2 aliphatic heterocycles. The van der Waals surface area contributed by atoms with Gasteiger partial charge in [-0.05, 0) is 43.9 Å². The molecule has 0 aromatic carbocycles. The number of rotatable bonds is 4. The maximum absolute atomic E-state index is 12.9. The van der Waals surface area contributed by atoms with E-state index in [2.05, 4.69) is 15.2 Å². The Morgan fingerprint density at radius 1 is 1.15 bits per heavy atom. The first-order valence-corrected chi connectivity index (χ1v) is 9.54. The molecule has 4 rings (SSSR count). The highest BCUT2D eigenvalue weighted by Crippen LogP contribution is 2.27. The third-order valence-corrected chi connectivity index (χ3v) is 5.30. The van der Waals surface area contributed by atoms with Crippen LogP contribution in [0.1, 0.15) is 36.0 Å². The molecule has 2 aromatic rings. The van der Waals surface area contributed by atoms with Crippen LogP contribution in [0.2, 0.25) is 0 Å². The number of anilines is 2. The van der Waals surface area contributed by atoms with Crippen molar-refractivity contribution >= 4 is 23.3 Å². The fourth-order valence-corrected chi connectivity index (χ4v) is 3.85. The molecule has 27 heavy (non-hydrogen) atoms. The number of nitrogens with one attached hydrogen (secondary N) is 1. The van der Waals surface area contributed by atoms with E-state index in [0.717, 1.165) is 50.3 Å². The van der Waals surface area contributed by atoms with Gasteiger partial charge in [0.2, 0.25) is 5.91 Å². The summed E-state index contributed by atoms with van der Waals surface area (Å²) in [5.74, 6) is 0.486. The van der Waals surface area contributed by atoms with Gasteiger partial charge in [-0.15, -0.1) is 0 Å². The van der Waals surface area contributed by atoms with Crippen molar-refractivity contribution in [3.63, 3.8) is 0 Å². The summed E-state index contributed by atoms with van der Waals surface area (Å²) in [6.07, 6.45) is 8.59. The lowest BCUT2D eigenvalue weighted by molar-refractivity contribution is -0.121. The van der Waals surface area contributed by atoms with Crippen LogP contribution < -0.4 is 10.2 Å². The zero-order chi connectivity index (χ0) is 18.6. The standard InChI is InChI=1S/C20H24N4O3/c25-19(22-17-6-3-8-21-18(17)23-9-1-2-10-23)15-5-4-11-24(13-15)20(26)16-7-12-27-14-16/h3,6-8,12,14-15H,1-2,4-5,9-11,13H2,(H,22,25)/t15-/m1/s1. The zero-order valence-electron chi connectivity index (χ0n) is 15.3. The smallest absolute Gasteiger partial charge is 0.257 e. The molecular formula is C20H24N4O3. The van der Waals surface area contributed by atoms with Gasteiger partial charge in [0.05, 0.1) is 23.4 Å². The highest BCUT2D eigenvalue weighted by molar-refractivity contribution is 5.97. The van der Waals surface area contributed by atoms with Crippen LogP contribution in [-0.4, -0.2) is 47.9 Å². The summed E-state index contributed by atoms with van der Waals surface area (Å²) in [7, 11) is 0. The summed E-state index contributed by atoms with van der Waals surface area (Å²) in [4.78, 5) is 33.8. The van der Waals surface area contributed by atoms with E-state index in [1.165, 1.54) is 12.5 Å². The van der Waals surface area contributed by atoms with Crippen LogP contribution in [0.25, 0.3) is 0 Å². The number of aromatic nitrogens is 1. The second kappa shape index (κ2) is 7.82. The molecule has 1 N–H and O–H groups in total. The van der Waals surface area contributed by atoms with Gasteiger partial charge in [-0.3, -0.25) is 9.59 Å². The van der Waals surface area contributed by atoms with Crippen LogP contribution in [0.15, 0.2) is 41.3 Å². The van der Waals surface area contributed by atoms with E-state index in [1.807, 2.05) is 12.1 Å². The third kappa shape index (κ3) is 3.82. The van der Waals surface area contributed by atoms with Crippen molar-refractivity contribution in [2.24, 2.45) is 5.92 Å². The van der Waals surface area contributed by atoms with E-state index in [1.54, 1.807) is 17.2 Å². The van der Waals surface area contributed by atoms with E-state index >= 15 is 0 Å². The lowest BCUT2D eigenvalue weighted by Gasteiger charge is -2.32. The van der Waals surface area contributed by atoms with E-state index in [-0.39, 0.29) is 17.7 Å². The molecule has 7 nitrogen and oxygen atoms in total. The molecule has 2 fully saturated rings. The first-order chi connectivity index (χ1) is 13.2. The van der Waals surface area contributed by atoms with Gasteiger partial charge in [-0.1, -0.05) is 0 Å². The molecule has 2 amide bonds. The second-order valence-electron chi connectivity index (χ2n) is 7.16. The maximum Gasteiger partial charge on any atom is 0.257 e. The number of piperidine rings is 1. The lowest BCUT2D eigenvalue weighted by Crippen LogP contribution is -2.43. The largest absolute Gasteiger partial charge is 0.472 e. The molecule has 0 radical (unpaired) electrons. The summed E-state index contributed by atoms with van der Waals surface area (Å²) in [5.41, 5.74) is 1.28. The number of carbonyl (C=O) groups is 2. The van der Waals surface area contributed by atoms with Gasteiger partial charge in [0.15, 0.2) is 5.82 Å². The van der Waals surface area contributed by atoms with Gasteiger partial charge in [-0.25, -0.2) is 4.98 Å². The maximum atomic E-state index is 12.9. The Morgan fingerprint density at radius 2 is 2.00 bits per heavy atom. The fourth-order valence-electron chi connectivity index (χ4n) is 3.85. The van der Waals surface area contributed by atoms with Crippen molar-refractivity contribution in [1.82, 2.24) is 9.88 Å². The third-order valence-electron chi connectivity index (χ3n) is 5.30. The Balaban J connectivity index is 1.43. The van der Waals surface area contributed by atoms with Gasteiger partial charge in [0, 0.05) is 32.4 Å². The Kier molecular flexibility index (Phi) is 5.09. The predicted octanol–water partition coefficient (Wildman–Crippen LogP) is 2.77. The monoisotopic (exact) mass is 368 g/mol. The summed E-state index contributed by atoms with van der Waals surface area (Å²) < 4.78 is 5.00. The van der Waals surface area contributed by atoms with Crippen LogP contribution >= 0.6 is 0 Å². The molecule has 1 atom stereocenters. The van der Waals surface area contributed by atoms with Crippen LogP contribution in [0.5, 0.6) is 0 Å². The van der Waals surface area contributed by atoms with Gasteiger partial charge in [0.25, 0.3) is 5.91 Å². The molecule has 0 saturated carbocycles. The molecule has 2 aromatic heterocycles. The van der Waals surface area contributed by atoms with E-state index < -0.39 is 0 Å². The number of pyridine rings is 1. The van der Waals surface area contributed by atoms with Gasteiger partial charge in [-0.2, -0.15) is 0 Å². The van der Waals surface area contributed by atoms with Crippen molar-refractivity contribution in [2.45, 2.75) is 25.7 Å². The lowest BCUT2D eigenvalue weighted by atomic mass is 9.96. The number of amides is 2. The predicted molar refractivity (Wildman–Crippen MR) is 102 cm³/mol. The van der Waals surface area contributed by atoms with Gasteiger partial charge in [0.1, 0.15) is 6.26 Å². The minimum atomic E-state index is -0.221. The van der Waals surface area contributed by atoms with Crippen molar-refractivity contribution in [3.05, 3.63) is 42.5 Å². The van der Waals surface area contributed by atoms with Gasteiger partial charge < -0.3 is 19.5 Å². The first-order valence-electron chi connectivity index (χ1n) is 9.54. The summed E-state index contributed by atoms with van der Waals surface area (Å²) in [6, 6.07) is 5.39. The SMILES string of the molecule is O=C(Nc1cccnc1N1CCCC1)[C@@H]1CCCN(C(=O)c2ccoc2)C1. The number of hydrogen-bond acceptors (Lipinski definition) is 5. The minimum Gasteiger partial charge on any atom is -0.472 e. The summed E-state index contributed by atoms with van der Waals surface area (Å²) >= 11 is 0. The van der Waals surface area contributed by atoms with Crippen LogP contribution in [0.3, 0.4) is 0 Å². The summed E-state index contributed by atoms with van der Waals surface area (Å²) in [6.45, 7) is 3.03. The normalized spacial score (nSPS) is 19.9. The minimum absolute atomic E-state index is 0.0480. The number of furan rings is 1. The van der Waals surface area contributed by atoms with Crippen molar-refractivity contribution in [3.8, 4) is 0 Å². The van der Waals surface area contributed by atoms with Crippen molar-refractivity contribution in [2.75, 3.05) is 36.4 Å². The molecule has 0 bridgehead atoms. The van der Waals surface area contributed by atoms with Gasteiger partial charge >= 0.3 is 0 Å². The highest BCUT2D eigenvalue weighted by Gasteiger charge is 2.30. The van der Waals surface area contributed by atoms with E-state index in [9.17, 15) is 9.59 Å². The average molecular weight is 368 g/mol. The molecular weight excluding hydrogens is 344 g/mol. The number of nitrogens with zero attached hydrogens (tertiary/aromatic N) is 3. The Hall–Kier alpha value is -2.83. The van der Waals surface area contributed by atoms with Crippen LogP contribution in [-0.2, 0) is 4.79 Å². The highest BCUT2D eigenvalue weighted by atomic mass is 16.3. The number of carbonyl (C=O) groups excluding carboxylic acids is 2. The fraction of sp³-hybridized carbons (Fsp3) is 0.450. The zero-order valence-corrected chi connectivity index (χ0v) is 15.3. The molecule has 2 aliphatic rings. The molecule has 7 heteroatoms. The number of likely N-dealkylation sites (tertiary alicyclic amines) is 1. The van der Waals surface area contributed by atoms with E-state index in [0.29, 0.717) is 18.7 Å². The topological polar surface area (TPSA) is 78.7 Å². The Labute approximate surface area is 158 Å². The molecule has 0 spiro atoms. The van der Waals surface area contributed by atoms with Crippen molar-refractivity contribution < 1.29 is 14.0 Å². The van der Waals surface area contributed by atoms with Crippen molar-refractivity contribution in [1.29, 1.82) is 0 Å². The first kappa shape index (κ1) is 17.6. The average Bonchev–Trinajstić information content (AvgIpc) is 3.42. The van der Waals surface area contributed by atoms with E-state index in [4.69, 9.17) is 4.42 Å². The summed E-state index contributed by atoms with van der Waals surface area (Å²) in [5, 5.41) is 3.05. The number of hydrogen-bond donors (Lipinski definition) is 1. The van der Waals surface area contributed by atoms with Crippen LogP contribution in [0, 0.1) is 5.92 Å². The quantitative estimate of drug-likeness (QED) is 0.898. The van der Waals surface area contributed by atoms with Crippen LogP contribution in [0.4, 0.5) is 11.5 Å². The molecule has 142 valence electrons. The second-order valence-corrected chi connectivity index (χ2v) is 7.16. The molecule has 0 aliphatic carbocycles. The Morgan fingerprint density at radius 3 is 2.78 bits per heavy atom. The molecule has 4 heterocycles.